The van der Waals surface area contributed by atoms with Crippen LogP contribution in [0.2, 0.25) is 0 Å². The van der Waals surface area contributed by atoms with Gasteiger partial charge in [-0.05, 0) is 42.0 Å². The van der Waals surface area contributed by atoms with E-state index in [0.29, 0.717) is 17.7 Å². The molecule has 1 aromatic rings. The maximum Gasteiger partial charge on any atom is 0.229 e. The molecule has 0 amide bonds. The second kappa shape index (κ2) is 17.7. The summed E-state index contributed by atoms with van der Waals surface area (Å²) in [7, 11) is 0. The van der Waals surface area contributed by atoms with Gasteiger partial charge in [0.15, 0.2) is 12.6 Å². The predicted molar refractivity (Wildman–Crippen MR) is 184 cm³/mol. The Kier molecular flexibility index (Phi) is 14.2. The van der Waals surface area contributed by atoms with Crippen LogP contribution in [0.25, 0.3) is 0 Å². The van der Waals surface area contributed by atoms with Crippen LogP contribution in [0.15, 0.2) is 35.9 Å². The molecule has 18 heteroatoms. The van der Waals surface area contributed by atoms with Crippen LogP contribution in [-0.2, 0) is 29.1 Å². The topological polar surface area (TPSA) is 290 Å². The molecule has 4 aliphatic rings. The van der Waals surface area contributed by atoms with E-state index in [1.54, 1.807) is 25.1 Å². The summed E-state index contributed by atoms with van der Waals surface area (Å²) >= 11 is 0. The maximum atomic E-state index is 11.1. The van der Waals surface area contributed by atoms with E-state index in [1.165, 1.54) is 6.92 Å². The fraction of sp³-hybridized carbons (Fsp3) is 0.778. The molecule has 19 unspecified atom stereocenters. The smallest absolute Gasteiger partial charge is 0.229 e. The van der Waals surface area contributed by atoms with Gasteiger partial charge in [-0.25, -0.2) is 0 Å². The van der Waals surface area contributed by atoms with Crippen molar-refractivity contribution in [3.63, 3.8) is 0 Å². The van der Waals surface area contributed by atoms with Crippen LogP contribution in [0.3, 0.4) is 0 Å². The Morgan fingerprint density at radius 3 is 1.67 bits per heavy atom. The lowest BCUT2D eigenvalue weighted by atomic mass is 9.85. The van der Waals surface area contributed by atoms with Crippen molar-refractivity contribution < 1.29 is 84.6 Å². The van der Waals surface area contributed by atoms with E-state index in [0.717, 1.165) is 5.56 Å². The molecule has 0 spiro atoms. The molecule has 19 atom stereocenters. The minimum atomic E-state index is -1.91. The van der Waals surface area contributed by atoms with Crippen LogP contribution in [-0.4, -0.2) is 186 Å². The van der Waals surface area contributed by atoms with E-state index in [2.05, 4.69) is 5.32 Å². The van der Waals surface area contributed by atoms with Crippen molar-refractivity contribution in [1.29, 1.82) is 0 Å². The molecule has 0 saturated carbocycles. The Morgan fingerprint density at radius 1 is 0.648 bits per heavy atom. The third kappa shape index (κ3) is 8.95. The van der Waals surface area contributed by atoms with Crippen molar-refractivity contribution in [2.24, 2.45) is 0 Å². The molecule has 0 aromatic heterocycles. The highest BCUT2D eigenvalue weighted by Crippen LogP contribution is 2.34. The summed E-state index contributed by atoms with van der Waals surface area (Å²) in [5.74, 6) is 0.327. The molecule has 0 radical (unpaired) electrons. The highest BCUT2D eigenvalue weighted by molar-refractivity contribution is 5.31. The first-order chi connectivity index (χ1) is 25.4. The first kappa shape index (κ1) is 43.2. The van der Waals surface area contributed by atoms with Crippen molar-refractivity contribution in [2.75, 3.05) is 13.2 Å². The number of benzene rings is 1. The average Bonchev–Trinajstić information content (AvgIpc) is 3.14. The van der Waals surface area contributed by atoms with E-state index in [9.17, 15) is 56.2 Å². The van der Waals surface area contributed by atoms with Crippen molar-refractivity contribution in [2.45, 2.75) is 163 Å². The Hall–Kier alpha value is -1.92. The van der Waals surface area contributed by atoms with Crippen LogP contribution in [0.1, 0.15) is 46.6 Å². The summed E-state index contributed by atoms with van der Waals surface area (Å²) in [5, 5.41) is 121. The predicted octanol–water partition coefficient (Wildman–Crippen LogP) is -3.76. The first-order valence-electron chi connectivity index (χ1n) is 18.3. The van der Waals surface area contributed by atoms with Gasteiger partial charge in [0.05, 0.1) is 31.4 Å². The van der Waals surface area contributed by atoms with Gasteiger partial charge in [-0.1, -0.05) is 45.9 Å². The van der Waals surface area contributed by atoms with Crippen molar-refractivity contribution in [3.8, 4) is 5.75 Å². The molecule has 3 saturated heterocycles. The third-order valence-corrected chi connectivity index (χ3v) is 10.7. The molecule has 3 heterocycles. The number of nitrogens with one attached hydrogen (secondary N) is 1. The zero-order chi connectivity index (χ0) is 39.8. The molecule has 3 aliphatic heterocycles. The molecule has 308 valence electrons. The summed E-state index contributed by atoms with van der Waals surface area (Å²) in [6, 6.07) is 5.11. The highest BCUT2D eigenvalue weighted by atomic mass is 16.8. The van der Waals surface area contributed by atoms with Crippen LogP contribution in [0.4, 0.5) is 0 Å². The average molecular weight is 776 g/mol. The number of aliphatic hydroxyl groups excluding tert-OH is 11. The van der Waals surface area contributed by atoms with E-state index >= 15 is 0 Å². The monoisotopic (exact) mass is 775 g/mol. The Morgan fingerprint density at radius 2 is 1.15 bits per heavy atom. The molecule has 54 heavy (non-hydrogen) atoms. The second-order valence-electron chi connectivity index (χ2n) is 15.4. The molecule has 5 rings (SSSR count). The minimum absolute atomic E-state index is 0.118. The molecule has 1 aromatic carbocycles. The molecule has 0 bridgehead atoms. The zero-order valence-electron chi connectivity index (χ0n) is 30.8. The van der Waals surface area contributed by atoms with E-state index in [-0.39, 0.29) is 5.41 Å². The van der Waals surface area contributed by atoms with E-state index < -0.39 is 130 Å². The molecule has 3 fully saturated rings. The second-order valence-corrected chi connectivity index (χ2v) is 15.4. The summed E-state index contributed by atoms with van der Waals surface area (Å²) in [4.78, 5) is 0. The summed E-state index contributed by atoms with van der Waals surface area (Å²) < 4.78 is 34.6. The third-order valence-electron chi connectivity index (χ3n) is 10.7. The number of hydrogen-bond donors (Lipinski definition) is 12. The van der Waals surface area contributed by atoms with E-state index in [1.807, 2.05) is 32.9 Å². The molecule has 18 nitrogen and oxygen atoms in total. The molecule has 12 N–H and O–H groups in total. The van der Waals surface area contributed by atoms with Crippen molar-refractivity contribution in [3.05, 3.63) is 41.5 Å². The lowest BCUT2D eigenvalue weighted by Crippen LogP contribution is -2.68. The van der Waals surface area contributed by atoms with Gasteiger partial charge in [-0.15, -0.1) is 0 Å². The van der Waals surface area contributed by atoms with E-state index in [4.69, 9.17) is 28.4 Å². The van der Waals surface area contributed by atoms with Gasteiger partial charge < -0.3 is 89.9 Å². The Balaban J connectivity index is 1.21. The van der Waals surface area contributed by atoms with Crippen LogP contribution in [0.5, 0.6) is 5.75 Å². The van der Waals surface area contributed by atoms with Crippen LogP contribution >= 0.6 is 0 Å². The summed E-state index contributed by atoms with van der Waals surface area (Å²) in [5.41, 5.74) is 1.38. The Bertz CT molecular complexity index is 1380. The molecular formula is C36H57NO17. The largest absolute Gasteiger partial charge is 0.462 e. The lowest BCUT2D eigenvalue weighted by Gasteiger charge is -2.48. The summed E-state index contributed by atoms with van der Waals surface area (Å²) in [6.07, 6.45) is -24.4. The van der Waals surface area contributed by atoms with Crippen molar-refractivity contribution in [1.82, 2.24) is 5.32 Å². The van der Waals surface area contributed by atoms with Crippen molar-refractivity contribution >= 4 is 0 Å². The minimum Gasteiger partial charge on any atom is -0.462 e. The zero-order valence-corrected chi connectivity index (χ0v) is 30.8. The van der Waals surface area contributed by atoms with Crippen LogP contribution in [0, 0.1) is 0 Å². The number of hydrogen-bond acceptors (Lipinski definition) is 18. The van der Waals surface area contributed by atoms with Crippen LogP contribution < -0.4 is 10.1 Å². The number of aliphatic hydroxyl groups is 11. The van der Waals surface area contributed by atoms with Gasteiger partial charge in [0.25, 0.3) is 0 Å². The number of rotatable bonds is 11. The van der Waals surface area contributed by atoms with Gasteiger partial charge in [-0.3, -0.25) is 0 Å². The summed E-state index contributed by atoms with van der Waals surface area (Å²) in [6.45, 7) is 7.91. The van der Waals surface area contributed by atoms with Gasteiger partial charge >= 0.3 is 0 Å². The normalized spacial score (nSPS) is 44.8. The lowest BCUT2D eigenvalue weighted by molar-refractivity contribution is -0.372. The van der Waals surface area contributed by atoms with Gasteiger partial charge in [-0.2, -0.15) is 0 Å². The quantitative estimate of drug-likeness (QED) is 0.0961. The fourth-order valence-electron chi connectivity index (χ4n) is 7.25. The highest BCUT2D eigenvalue weighted by Gasteiger charge is 2.54. The standard InChI is InChI=1S/C36H57NO17/c1-6-15-11-18(23(41)25(43)22(15)40)37-21-14(2)49-33(28(46)24(21)42)53-31-20(13-39)52-35(30(48)27(31)45)54-32-19(12-38)51-34(29(47)26(32)44)50-17-9-7-16(8-10-17)36(3,4)5/h7-11,14,18-35,37-48H,6,12-13H2,1-5H3. The Labute approximate surface area is 313 Å². The SMILES string of the molecule is CCC1=CC(NC2C(C)OC(OC3C(CO)OC(OC4C(CO)OC(Oc5ccc(C(C)(C)C)cc5)C(O)C4O)C(O)C3O)C(O)C2O)C(O)C(O)C1O. The number of ether oxygens (including phenoxy) is 6. The fourth-order valence-corrected chi connectivity index (χ4v) is 7.25. The van der Waals surface area contributed by atoms with Gasteiger partial charge in [0, 0.05) is 0 Å². The maximum absolute atomic E-state index is 11.1. The molecular weight excluding hydrogens is 718 g/mol. The van der Waals surface area contributed by atoms with Gasteiger partial charge in [0.2, 0.25) is 6.29 Å². The van der Waals surface area contributed by atoms with Gasteiger partial charge in [0.1, 0.15) is 85.1 Å². The first-order valence-corrected chi connectivity index (χ1v) is 18.3. The molecule has 1 aliphatic carbocycles.